The molecule has 0 N–H and O–H groups in total. The first kappa shape index (κ1) is 12.9. The Morgan fingerprint density at radius 3 is 2.67 bits per heavy atom. The molecular formula is C12H10ClNO3S. The molecule has 0 saturated carbocycles. The van der Waals surface area contributed by atoms with Crippen molar-refractivity contribution in [1.82, 2.24) is 4.98 Å². The average molecular weight is 284 g/mol. The van der Waals surface area contributed by atoms with Crippen LogP contribution in [0.15, 0.2) is 18.3 Å². The number of halogens is 1. The smallest absolute Gasteiger partial charge is 0.180 e. The van der Waals surface area contributed by atoms with Crippen molar-refractivity contribution in [2.75, 3.05) is 14.2 Å². The quantitative estimate of drug-likeness (QED) is 0.808. The first-order valence-corrected chi connectivity index (χ1v) is 6.22. The largest absolute Gasteiger partial charge is 0.493 e. The van der Waals surface area contributed by atoms with E-state index in [9.17, 15) is 4.79 Å². The van der Waals surface area contributed by atoms with Gasteiger partial charge in [0.1, 0.15) is 5.01 Å². The highest BCUT2D eigenvalue weighted by Crippen LogP contribution is 2.42. The molecule has 0 aliphatic carbocycles. The summed E-state index contributed by atoms with van der Waals surface area (Å²) in [4.78, 5) is 15.4. The fourth-order valence-electron chi connectivity index (χ4n) is 1.52. The fourth-order valence-corrected chi connectivity index (χ4v) is 2.66. The van der Waals surface area contributed by atoms with Gasteiger partial charge in [0.15, 0.2) is 17.8 Å². The zero-order chi connectivity index (χ0) is 13.1. The molecule has 2 aromatic rings. The molecule has 1 heterocycles. The summed E-state index contributed by atoms with van der Waals surface area (Å²) in [5, 5.41) is 1.09. The third kappa shape index (κ3) is 2.19. The normalized spacial score (nSPS) is 10.2. The second kappa shape index (κ2) is 5.37. The van der Waals surface area contributed by atoms with Gasteiger partial charge in [-0.1, -0.05) is 11.6 Å². The Labute approximate surface area is 113 Å². The number of thiazole rings is 1. The third-order valence-corrected chi connectivity index (χ3v) is 3.69. The molecule has 0 radical (unpaired) electrons. The van der Waals surface area contributed by atoms with Gasteiger partial charge in [-0.05, 0) is 12.1 Å². The zero-order valence-corrected chi connectivity index (χ0v) is 11.3. The summed E-state index contributed by atoms with van der Waals surface area (Å²) < 4.78 is 10.4. The molecular weight excluding hydrogens is 274 g/mol. The Hall–Kier alpha value is -1.59. The Bertz CT molecular complexity index is 583. The molecule has 4 nitrogen and oxygen atoms in total. The molecule has 0 aliphatic heterocycles. The molecule has 0 bridgehead atoms. The van der Waals surface area contributed by atoms with Gasteiger partial charge in [-0.15, -0.1) is 11.3 Å². The van der Waals surface area contributed by atoms with Crippen LogP contribution < -0.4 is 9.47 Å². The van der Waals surface area contributed by atoms with Crippen LogP contribution in [0.25, 0.3) is 10.6 Å². The lowest BCUT2D eigenvalue weighted by atomic mass is 10.2. The Kier molecular flexibility index (Phi) is 3.84. The summed E-state index contributed by atoms with van der Waals surface area (Å²) >= 11 is 7.53. The van der Waals surface area contributed by atoms with Gasteiger partial charge in [0.2, 0.25) is 0 Å². The minimum absolute atomic E-state index is 0.420. The number of carbonyl (C=O) groups is 1. The maximum Gasteiger partial charge on any atom is 0.180 e. The van der Waals surface area contributed by atoms with E-state index < -0.39 is 0 Å². The molecule has 0 fully saturated rings. The Morgan fingerprint density at radius 2 is 2.11 bits per heavy atom. The molecule has 0 saturated heterocycles. The highest BCUT2D eigenvalue weighted by atomic mass is 35.5. The van der Waals surface area contributed by atoms with Gasteiger partial charge < -0.3 is 9.47 Å². The topological polar surface area (TPSA) is 48.4 Å². The summed E-state index contributed by atoms with van der Waals surface area (Å²) in [6, 6.07) is 3.54. The lowest BCUT2D eigenvalue weighted by Gasteiger charge is -2.11. The van der Waals surface area contributed by atoms with Crippen LogP contribution in [0.3, 0.4) is 0 Å². The maximum atomic E-state index is 10.7. The van der Waals surface area contributed by atoms with E-state index in [1.54, 1.807) is 19.2 Å². The lowest BCUT2D eigenvalue weighted by Crippen LogP contribution is -1.92. The number of methoxy groups -OCH3 is 2. The van der Waals surface area contributed by atoms with Crippen LogP contribution in [0.4, 0.5) is 0 Å². The average Bonchev–Trinajstić information content (AvgIpc) is 2.86. The van der Waals surface area contributed by atoms with E-state index in [0.29, 0.717) is 32.0 Å². The van der Waals surface area contributed by atoms with Crippen LogP contribution in [0.1, 0.15) is 9.67 Å². The van der Waals surface area contributed by atoms with E-state index >= 15 is 0 Å². The number of aldehydes is 1. The molecule has 2 rings (SSSR count). The van der Waals surface area contributed by atoms with Gasteiger partial charge in [0, 0.05) is 11.8 Å². The third-order valence-electron chi connectivity index (χ3n) is 2.36. The van der Waals surface area contributed by atoms with E-state index in [1.165, 1.54) is 24.6 Å². The SMILES string of the molecule is COc1ccc(-c2ncc(C=O)s2)c(Cl)c1OC. The van der Waals surface area contributed by atoms with Gasteiger partial charge in [0.05, 0.1) is 24.1 Å². The number of rotatable bonds is 4. The van der Waals surface area contributed by atoms with Crippen LogP contribution in [-0.2, 0) is 0 Å². The maximum absolute atomic E-state index is 10.7. The van der Waals surface area contributed by atoms with Crippen molar-refractivity contribution >= 4 is 29.2 Å². The van der Waals surface area contributed by atoms with Crippen LogP contribution in [0.5, 0.6) is 11.5 Å². The number of hydrogen-bond donors (Lipinski definition) is 0. The number of nitrogens with zero attached hydrogens (tertiary/aromatic N) is 1. The summed E-state index contributed by atoms with van der Waals surface area (Å²) in [6.07, 6.45) is 2.27. The van der Waals surface area contributed by atoms with Gasteiger partial charge in [0.25, 0.3) is 0 Å². The highest BCUT2D eigenvalue weighted by molar-refractivity contribution is 7.16. The van der Waals surface area contributed by atoms with Crippen molar-refractivity contribution in [3.63, 3.8) is 0 Å². The highest BCUT2D eigenvalue weighted by Gasteiger charge is 2.16. The number of hydrogen-bond acceptors (Lipinski definition) is 5. The predicted molar refractivity (Wildman–Crippen MR) is 71.1 cm³/mol. The summed E-state index contributed by atoms with van der Waals surface area (Å²) in [5.74, 6) is 1.01. The predicted octanol–water partition coefficient (Wildman–Crippen LogP) is 3.29. The summed E-state index contributed by atoms with van der Waals surface area (Å²) in [7, 11) is 3.06. The van der Waals surface area contributed by atoms with Crippen molar-refractivity contribution in [2.24, 2.45) is 0 Å². The summed E-state index contributed by atoms with van der Waals surface area (Å²) in [6.45, 7) is 0. The second-order valence-corrected chi connectivity index (χ2v) is 4.79. The number of carbonyl (C=O) groups excluding carboxylic acids is 1. The van der Waals surface area contributed by atoms with Crippen LogP contribution in [0, 0.1) is 0 Å². The number of aromatic nitrogens is 1. The number of ether oxygens (including phenoxy) is 2. The monoisotopic (exact) mass is 283 g/mol. The van der Waals surface area contributed by atoms with Crippen molar-refractivity contribution in [1.29, 1.82) is 0 Å². The second-order valence-electron chi connectivity index (χ2n) is 3.35. The van der Waals surface area contributed by atoms with Gasteiger partial charge in [-0.2, -0.15) is 0 Å². The minimum Gasteiger partial charge on any atom is -0.493 e. The molecule has 0 atom stereocenters. The molecule has 0 unspecified atom stereocenters. The molecule has 1 aromatic carbocycles. The summed E-state index contributed by atoms with van der Waals surface area (Å²) in [5.41, 5.74) is 0.715. The van der Waals surface area contributed by atoms with E-state index in [0.717, 1.165) is 6.29 Å². The standard InChI is InChI=1S/C12H10ClNO3S/c1-16-9-4-3-8(10(13)11(9)17-2)12-14-5-7(6-15)18-12/h3-6H,1-2H3. The Balaban J connectivity index is 2.54. The van der Waals surface area contributed by atoms with Crippen molar-refractivity contribution in [2.45, 2.75) is 0 Å². The van der Waals surface area contributed by atoms with Crippen LogP contribution >= 0.6 is 22.9 Å². The molecule has 0 amide bonds. The van der Waals surface area contributed by atoms with Crippen molar-refractivity contribution < 1.29 is 14.3 Å². The zero-order valence-electron chi connectivity index (χ0n) is 9.77. The van der Waals surface area contributed by atoms with Gasteiger partial charge in [-0.25, -0.2) is 4.98 Å². The van der Waals surface area contributed by atoms with E-state index in [-0.39, 0.29) is 0 Å². The Morgan fingerprint density at radius 1 is 1.33 bits per heavy atom. The lowest BCUT2D eigenvalue weighted by molar-refractivity contribution is 0.112. The minimum atomic E-state index is 0.420. The van der Waals surface area contributed by atoms with Gasteiger partial charge >= 0.3 is 0 Å². The van der Waals surface area contributed by atoms with Crippen LogP contribution in [-0.4, -0.2) is 25.5 Å². The first-order chi connectivity index (χ1) is 8.71. The molecule has 6 heteroatoms. The van der Waals surface area contributed by atoms with Crippen molar-refractivity contribution in [3.05, 3.63) is 28.2 Å². The fraction of sp³-hybridized carbons (Fsp3) is 0.167. The molecule has 0 spiro atoms. The molecule has 94 valence electrons. The number of benzene rings is 1. The molecule has 1 aromatic heterocycles. The molecule has 0 aliphatic rings. The van der Waals surface area contributed by atoms with E-state index in [4.69, 9.17) is 21.1 Å². The molecule has 18 heavy (non-hydrogen) atoms. The van der Waals surface area contributed by atoms with E-state index in [1.807, 2.05) is 0 Å². The first-order valence-electron chi connectivity index (χ1n) is 5.03. The van der Waals surface area contributed by atoms with Crippen molar-refractivity contribution in [3.8, 4) is 22.1 Å². The van der Waals surface area contributed by atoms with Gasteiger partial charge in [-0.3, -0.25) is 4.79 Å². The van der Waals surface area contributed by atoms with Crippen LogP contribution in [0.2, 0.25) is 5.02 Å². The van der Waals surface area contributed by atoms with E-state index in [2.05, 4.69) is 4.98 Å².